The number of benzene rings is 1. The first-order chi connectivity index (χ1) is 12.0. The van der Waals surface area contributed by atoms with Crippen molar-refractivity contribution in [2.45, 2.75) is 12.3 Å². The van der Waals surface area contributed by atoms with Crippen molar-refractivity contribution in [2.75, 3.05) is 19.8 Å². The number of nitrogens with zero attached hydrogens (tertiary/aromatic N) is 1. The molecule has 0 aliphatic rings. The fourth-order valence-corrected chi connectivity index (χ4v) is 2.03. The van der Waals surface area contributed by atoms with Crippen LogP contribution < -0.4 is 11.2 Å². The third kappa shape index (κ3) is 5.11. The van der Waals surface area contributed by atoms with Crippen LogP contribution in [0.4, 0.5) is 0 Å². The molecule has 0 amide bonds. The number of aromatic nitrogens is 2. The molecule has 134 valence electrons. The number of esters is 1. The van der Waals surface area contributed by atoms with Crippen molar-refractivity contribution in [1.29, 1.82) is 0 Å². The number of carbonyl (C=O) groups excluding carboxylic acids is 1. The Morgan fingerprint density at radius 2 is 1.84 bits per heavy atom. The van der Waals surface area contributed by atoms with Crippen LogP contribution in [0.5, 0.6) is 0 Å². The van der Waals surface area contributed by atoms with E-state index in [2.05, 4.69) is 0 Å². The highest BCUT2D eigenvalue weighted by Gasteiger charge is 2.20. The molecular formula is C16H18N2O7. The van der Waals surface area contributed by atoms with Gasteiger partial charge in [-0.15, -0.1) is 0 Å². The third-order valence-corrected chi connectivity index (χ3v) is 3.28. The van der Waals surface area contributed by atoms with E-state index in [4.69, 9.17) is 9.47 Å². The van der Waals surface area contributed by atoms with Crippen LogP contribution in [0.2, 0.25) is 0 Å². The highest BCUT2D eigenvalue weighted by molar-refractivity contribution is 5.89. The second kappa shape index (κ2) is 8.92. The van der Waals surface area contributed by atoms with Gasteiger partial charge in [-0.25, -0.2) is 9.59 Å². The molecule has 1 aromatic carbocycles. The van der Waals surface area contributed by atoms with E-state index in [1.54, 1.807) is 30.3 Å². The zero-order valence-electron chi connectivity index (χ0n) is 13.2. The Labute approximate surface area is 142 Å². The molecule has 0 aliphatic heterocycles. The zero-order chi connectivity index (χ0) is 18.2. The molecule has 2 atom stereocenters. The molecule has 0 aliphatic carbocycles. The first-order valence-electron chi connectivity index (χ1n) is 7.46. The van der Waals surface area contributed by atoms with E-state index in [0.29, 0.717) is 5.56 Å². The summed E-state index contributed by atoms with van der Waals surface area (Å²) in [6.45, 7) is -1.37. The summed E-state index contributed by atoms with van der Waals surface area (Å²) in [5.74, 6) is -0.593. The molecular weight excluding hydrogens is 332 g/mol. The quantitative estimate of drug-likeness (QED) is 0.535. The van der Waals surface area contributed by atoms with Crippen molar-refractivity contribution in [1.82, 2.24) is 9.55 Å². The van der Waals surface area contributed by atoms with Crippen LogP contribution in [0.1, 0.15) is 16.6 Å². The summed E-state index contributed by atoms with van der Waals surface area (Å²) < 4.78 is 11.4. The molecule has 9 heteroatoms. The van der Waals surface area contributed by atoms with Crippen molar-refractivity contribution in [2.24, 2.45) is 0 Å². The van der Waals surface area contributed by atoms with E-state index in [-0.39, 0.29) is 6.61 Å². The van der Waals surface area contributed by atoms with Gasteiger partial charge in [0, 0.05) is 12.3 Å². The normalized spacial score (nSPS) is 13.2. The number of carbonyl (C=O) groups is 1. The lowest BCUT2D eigenvalue weighted by Crippen LogP contribution is -2.37. The van der Waals surface area contributed by atoms with Gasteiger partial charge in [0.25, 0.3) is 5.56 Å². The Kier molecular flexibility index (Phi) is 6.63. The molecule has 3 N–H and O–H groups in total. The topological polar surface area (TPSA) is 131 Å². The largest absolute Gasteiger partial charge is 0.459 e. The Balaban J connectivity index is 2.01. The Hall–Kier alpha value is -2.75. The molecule has 1 heterocycles. The van der Waals surface area contributed by atoms with Gasteiger partial charge in [-0.05, 0) is 12.1 Å². The van der Waals surface area contributed by atoms with E-state index in [1.807, 2.05) is 4.98 Å². The maximum absolute atomic E-state index is 11.9. The number of H-pyrrole nitrogens is 1. The molecule has 0 radical (unpaired) electrons. The van der Waals surface area contributed by atoms with Gasteiger partial charge in [-0.3, -0.25) is 14.3 Å². The summed E-state index contributed by atoms with van der Waals surface area (Å²) in [6, 6.07) is 9.37. The Morgan fingerprint density at radius 1 is 1.12 bits per heavy atom. The lowest BCUT2D eigenvalue weighted by atomic mass is 10.2. The van der Waals surface area contributed by atoms with E-state index in [1.165, 1.54) is 0 Å². The van der Waals surface area contributed by atoms with Crippen molar-refractivity contribution >= 4 is 5.97 Å². The predicted octanol–water partition coefficient (Wildman–Crippen LogP) is -0.738. The van der Waals surface area contributed by atoms with Gasteiger partial charge >= 0.3 is 11.7 Å². The molecule has 2 rings (SSSR count). The molecule has 0 fully saturated rings. The molecule has 25 heavy (non-hydrogen) atoms. The van der Waals surface area contributed by atoms with Gasteiger partial charge in [0.15, 0.2) is 6.23 Å². The number of rotatable bonds is 8. The molecule has 0 saturated heterocycles. The second-order valence-corrected chi connectivity index (χ2v) is 5.06. The number of hydrogen-bond donors (Lipinski definition) is 3. The summed E-state index contributed by atoms with van der Waals surface area (Å²) in [6.07, 6.45) is -0.965. The van der Waals surface area contributed by atoms with Gasteiger partial charge in [-0.1, -0.05) is 18.2 Å². The minimum absolute atomic E-state index is 0.279. The molecule has 0 unspecified atom stereocenters. The first kappa shape index (κ1) is 18.6. The number of aromatic amines is 1. The van der Waals surface area contributed by atoms with Crippen LogP contribution in [0, 0.1) is 0 Å². The summed E-state index contributed by atoms with van der Waals surface area (Å²) in [4.78, 5) is 36.7. The first-order valence-corrected chi connectivity index (χ1v) is 7.46. The number of nitrogens with one attached hydrogen (secondary N) is 1. The van der Waals surface area contributed by atoms with Crippen LogP contribution in [0.3, 0.4) is 0 Å². The standard InChI is InChI=1S/C16H18N2O7/c19-8-12(10-24-15(22)11-4-2-1-3-5-11)25-14(9-20)18-7-6-13(21)17-16(18)23/h1-7,12,14,19-20H,8-10H2,(H,17,21,23)/t12-,14-/m0/s1. The van der Waals surface area contributed by atoms with E-state index >= 15 is 0 Å². The SMILES string of the molecule is O=C(OC[C@H](CO)O[C@@H](CO)n1ccc(=O)[nH]c1=O)c1ccccc1. The van der Waals surface area contributed by atoms with Crippen molar-refractivity contribution < 1.29 is 24.5 Å². The second-order valence-electron chi connectivity index (χ2n) is 5.06. The fraction of sp³-hybridized carbons (Fsp3) is 0.312. The van der Waals surface area contributed by atoms with E-state index < -0.39 is 42.8 Å². The number of aliphatic hydroxyl groups is 2. The van der Waals surface area contributed by atoms with E-state index in [9.17, 15) is 24.6 Å². The van der Waals surface area contributed by atoms with Crippen LogP contribution in [-0.2, 0) is 9.47 Å². The van der Waals surface area contributed by atoms with Gasteiger partial charge in [0.2, 0.25) is 0 Å². The van der Waals surface area contributed by atoms with Gasteiger partial charge in [0.05, 0.1) is 18.8 Å². The lowest BCUT2D eigenvalue weighted by molar-refractivity contribution is -0.115. The van der Waals surface area contributed by atoms with Crippen molar-refractivity contribution in [3.05, 3.63) is 69.0 Å². The van der Waals surface area contributed by atoms with Crippen LogP contribution in [0.15, 0.2) is 52.2 Å². The highest BCUT2D eigenvalue weighted by atomic mass is 16.6. The van der Waals surface area contributed by atoms with Crippen molar-refractivity contribution in [3.63, 3.8) is 0 Å². The van der Waals surface area contributed by atoms with Crippen LogP contribution in [0.25, 0.3) is 0 Å². The molecule has 9 nitrogen and oxygen atoms in total. The predicted molar refractivity (Wildman–Crippen MR) is 86.1 cm³/mol. The molecule has 0 bridgehead atoms. The van der Waals surface area contributed by atoms with Gasteiger partial charge in [0.1, 0.15) is 12.7 Å². The zero-order valence-corrected chi connectivity index (χ0v) is 13.2. The summed E-state index contributed by atoms with van der Waals surface area (Å²) >= 11 is 0. The molecule has 0 saturated carbocycles. The maximum atomic E-state index is 11.9. The summed E-state index contributed by atoms with van der Waals surface area (Å²) in [5.41, 5.74) is -1.02. The summed E-state index contributed by atoms with van der Waals surface area (Å²) in [7, 11) is 0. The maximum Gasteiger partial charge on any atom is 0.338 e. The smallest absolute Gasteiger partial charge is 0.338 e. The molecule has 2 aromatic rings. The minimum Gasteiger partial charge on any atom is -0.459 e. The molecule has 1 aromatic heterocycles. The number of ether oxygens (including phenoxy) is 2. The average molecular weight is 350 g/mol. The van der Waals surface area contributed by atoms with Crippen LogP contribution in [-0.4, -0.2) is 51.7 Å². The number of aliphatic hydroxyl groups excluding tert-OH is 2. The highest BCUT2D eigenvalue weighted by Crippen LogP contribution is 2.09. The minimum atomic E-state index is -1.16. The third-order valence-electron chi connectivity index (χ3n) is 3.28. The van der Waals surface area contributed by atoms with Gasteiger partial charge in [-0.2, -0.15) is 0 Å². The average Bonchev–Trinajstić information content (AvgIpc) is 2.63. The Bertz CT molecular complexity index is 800. The monoisotopic (exact) mass is 350 g/mol. The van der Waals surface area contributed by atoms with Crippen LogP contribution >= 0.6 is 0 Å². The summed E-state index contributed by atoms with van der Waals surface area (Å²) in [5, 5.41) is 18.8. The number of hydrogen-bond acceptors (Lipinski definition) is 7. The Morgan fingerprint density at radius 3 is 2.44 bits per heavy atom. The molecule has 0 spiro atoms. The fourth-order valence-electron chi connectivity index (χ4n) is 2.03. The van der Waals surface area contributed by atoms with Gasteiger partial charge < -0.3 is 19.7 Å². The van der Waals surface area contributed by atoms with Crippen molar-refractivity contribution in [3.8, 4) is 0 Å². The lowest BCUT2D eigenvalue weighted by Gasteiger charge is -2.23. The van der Waals surface area contributed by atoms with E-state index in [0.717, 1.165) is 16.8 Å².